The Morgan fingerprint density at radius 1 is 1.37 bits per heavy atom. The molecule has 4 heteroatoms. The van der Waals surface area contributed by atoms with Gasteiger partial charge in [0.25, 0.3) is 0 Å². The van der Waals surface area contributed by atoms with Gasteiger partial charge in [-0.1, -0.05) is 28.1 Å². The van der Waals surface area contributed by atoms with E-state index in [0.29, 0.717) is 6.61 Å². The quantitative estimate of drug-likeness (QED) is 0.590. The van der Waals surface area contributed by atoms with Crippen LogP contribution in [0.5, 0.6) is 5.75 Å². The minimum atomic E-state index is -0.974. The first-order valence-electron chi connectivity index (χ1n) is 6.42. The van der Waals surface area contributed by atoms with Gasteiger partial charge >= 0.3 is 5.97 Å². The van der Waals surface area contributed by atoms with Gasteiger partial charge in [-0.15, -0.1) is 0 Å². The molecular formula is C15H21BrO3. The van der Waals surface area contributed by atoms with Gasteiger partial charge in [0.2, 0.25) is 0 Å². The van der Waals surface area contributed by atoms with Gasteiger partial charge in [0.1, 0.15) is 5.75 Å². The molecule has 0 aliphatic heterocycles. The molecule has 0 aromatic heterocycles. The molecule has 0 N–H and O–H groups in total. The van der Waals surface area contributed by atoms with E-state index >= 15 is 0 Å². The monoisotopic (exact) mass is 328 g/mol. The fraction of sp³-hybridized carbons (Fsp3) is 0.533. The molecule has 0 aliphatic rings. The van der Waals surface area contributed by atoms with Crippen LogP contribution >= 0.6 is 15.9 Å². The third-order valence-corrected chi connectivity index (χ3v) is 3.15. The minimum Gasteiger partial charge on any atom is -0.476 e. The van der Waals surface area contributed by atoms with Crippen LogP contribution in [0.15, 0.2) is 18.2 Å². The summed E-state index contributed by atoms with van der Waals surface area (Å²) < 4.78 is 10.8. The van der Waals surface area contributed by atoms with Crippen LogP contribution < -0.4 is 4.74 Å². The number of carbonyl (C=O) groups excluding carboxylic acids is 1. The standard InChI is InChI=1S/C15H21BrO3/c1-5-18-14(17)15(3,4)19-13-7-6-12(8-9-16)10-11(13)2/h6-7,10H,5,8-9H2,1-4H3. The molecule has 0 saturated carbocycles. The van der Waals surface area contributed by atoms with Gasteiger partial charge in [-0.05, 0) is 51.3 Å². The summed E-state index contributed by atoms with van der Waals surface area (Å²) >= 11 is 3.42. The summed E-state index contributed by atoms with van der Waals surface area (Å²) in [4.78, 5) is 11.8. The Balaban J connectivity index is 2.84. The maximum Gasteiger partial charge on any atom is 0.349 e. The zero-order valence-corrected chi connectivity index (χ0v) is 13.5. The molecule has 1 aromatic carbocycles. The zero-order chi connectivity index (χ0) is 14.5. The minimum absolute atomic E-state index is 0.348. The average Bonchev–Trinajstić information content (AvgIpc) is 2.33. The number of carbonyl (C=O) groups is 1. The van der Waals surface area contributed by atoms with Crippen LogP contribution in [0.2, 0.25) is 0 Å². The molecule has 1 rings (SSSR count). The van der Waals surface area contributed by atoms with Crippen molar-refractivity contribution in [1.82, 2.24) is 0 Å². The molecule has 0 spiro atoms. The molecule has 0 saturated heterocycles. The van der Waals surface area contributed by atoms with Crippen molar-refractivity contribution < 1.29 is 14.3 Å². The van der Waals surface area contributed by atoms with Gasteiger partial charge in [-0.2, -0.15) is 0 Å². The lowest BCUT2D eigenvalue weighted by Gasteiger charge is -2.25. The Bertz CT molecular complexity index is 441. The first-order valence-corrected chi connectivity index (χ1v) is 7.54. The molecule has 0 fully saturated rings. The number of rotatable bonds is 6. The number of ether oxygens (including phenoxy) is 2. The predicted molar refractivity (Wildman–Crippen MR) is 80.0 cm³/mol. The Hall–Kier alpha value is -1.03. The number of alkyl halides is 1. The van der Waals surface area contributed by atoms with Crippen molar-refractivity contribution in [2.75, 3.05) is 11.9 Å². The topological polar surface area (TPSA) is 35.5 Å². The van der Waals surface area contributed by atoms with Gasteiger partial charge in [0.05, 0.1) is 6.61 Å². The molecule has 0 unspecified atom stereocenters. The summed E-state index contributed by atoms with van der Waals surface area (Å²) in [5, 5.41) is 0.932. The summed E-state index contributed by atoms with van der Waals surface area (Å²) in [6, 6.07) is 6.01. The van der Waals surface area contributed by atoms with Crippen molar-refractivity contribution in [2.45, 2.75) is 39.7 Å². The fourth-order valence-corrected chi connectivity index (χ4v) is 2.17. The highest BCUT2D eigenvalue weighted by molar-refractivity contribution is 9.09. The van der Waals surface area contributed by atoms with Gasteiger partial charge in [0.15, 0.2) is 5.60 Å². The van der Waals surface area contributed by atoms with Gasteiger partial charge < -0.3 is 9.47 Å². The second-order valence-corrected chi connectivity index (χ2v) is 5.66. The van der Waals surface area contributed by atoms with E-state index in [2.05, 4.69) is 22.0 Å². The third-order valence-electron chi connectivity index (χ3n) is 2.75. The number of esters is 1. The van der Waals surface area contributed by atoms with E-state index in [0.717, 1.165) is 23.1 Å². The Morgan fingerprint density at radius 2 is 2.05 bits per heavy atom. The van der Waals surface area contributed by atoms with Crippen LogP contribution in [0.4, 0.5) is 0 Å². The van der Waals surface area contributed by atoms with E-state index in [9.17, 15) is 4.79 Å². The lowest BCUT2D eigenvalue weighted by molar-refractivity contribution is -0.158. The molecule has 106 valence electrons. The molecule has 0 atom stereocenters. The van der Waals surface area contributed by atoms with E-state index in [-0.39, 0.29) is 5.97 Å². The molecule has 0 amide bonds. The normalized spacial score (nSPS) is 11.2. The Morgan fingerprint density at radius 3 is 2.58 bits per heavy atom. The summed E-state index contributed by atoms with van der Waals surface area (Å²) in [6.07, 6.45) is 0.975. The largest absolute Gasteiger partial charge is 0.476 e. The molecule has 0 radical (unpaired) electrons. The predicted octanol–water partition coefficient (Wildman–Crippen LogP) is 3.65. The SMILES string of the molecule is CCOC(=O)C(C)(C)Oc1ccc(CCBr)cc1C. The lowest BCUT2D eigenvalue weighted by atomic mass is 10.1. The highest BCUT2D eigenvalue weighted by Crippen LogP contribution is 2.25. The van der Waals surface area contributed by atoms with E-state index < -0.39 is 5.60 Å². The number of benzene rings is 1. The Labute approximate surface area is 123 Å². The van der Waals surface area contributed by atoms with Crippen molar-refractivity contribution in [3.63, 3.8) is 0 Å². The van der Waals surface area contributed by atoms with Crippen molar-refractivity contribution in [2.24, 2.45) is 0 Å². The van der Waals surface area contributed by atoms with Crippen molar-refractivity contribution in [3.05, 3.63) is 29.3 Å². The van der Waals surface area contributed by atoms with Crippen molar-refractivity contribution >= 4 is 21.9 Å². The summed E-state index contributed by atoms with van der Waals surface area (Å²) in [7, 11) is 0. The van der Waals surface area contributed by atoms with Crippen molar-refractivity contribution in [1.29, 1.82) is 0 Å². The van der Waals surface area contributed by atoms with Crippen LogP contribution in [-0.4, -0.2) is 23.5 Å². The second-order valence-electron chi connectivity index (χ2n) is 4.87. The molecule has 19 heavy (non-hydrogen) atoms. The molecule has 1 aromatic rings. The van der Waals surface area contributed by atoms with Crippen molar-refractivity contribution in [3.8, 4) is 5.75 Å². The molecule has 0 aliphatic carbocycles. The smallest absolute Gasteiger partial charge is 0.349 e. The fourth-order valence-electron chi connectivity index (χ4n) is 1.71. The van der Waals surface area contributed by atoms with Gasteiger partial charge in [0, 0.05) is 5.33 Å². The maximum absolute atomic E-state index is 11.8. The third kappa shape index (κ3) is 4.53. The van der Waals surface area contributed by atoms with Crippen LogP contribution in [-0.2, 0) is 16.0 Å². The average molecular weight is 329 g/mol. The van der Waals surface area contributed by atoms with Crippen LogP contribution in [0, 0.1) is 6.92 Å². The number of hydrogen-bond donors (Lipinski definition) is 0. The zero-order valence-electron chi connectivity index (χ0n) is 12.0. The second kappa shape index (κ2) is 6.94. The molecule has 0 bridgehead atoms. The first kappa shape index (κ1) is 16.0. The van der Waals surface area contributed by atoms with E-state index in [1.807, 2.05) is 19.1 Å². The highest BCUT2D eigenvalue weighted by atomic mass is 79.9. The van der Waals surface area contributed by atoms with Gasteiger partial charge in [-0.25, -0.2) is 4.79 Å². The van der Waals surface area contributed by atoms with Crippen LogP contribution in [0.1, 0.15) is 31.9 Å². The van der Waals surface area contributed by atoms with E-state index in [1.54, 1.807) is 20.8 Å². The highest BCUT2D eigenvalue weighted by Gasteiger charge is 2.31. The van der Waals surface area contributed by atoms with Gasteiger partial charge in [-0.3, -0.25) is 0 Å². The molecular weight excluding hydrogens is 308 g/mol. The molecule has 0 heterocycles. The maximum atomic E-state index is 11.8. The number of hydrogen-bond acceptors (Lipinski definition) is 3. The van der Waals surface area contributed by atoms with Crippen LogP contribution in [0.25, 0.3) is 0 Å². The van der Waals surface area contributed by atoms with E-state index in [1.165, 1.54) is 5.56 Å². The number of halogens is 1. The van der Waals surface area contributed by atoms with E-state index in [4.69, 9.17) is 9.47 Å². The summed E-state index contributed by atoms with van der Waals surface area (Å²) in [5.41, 5.74) is 1.30. The summed E-state index contributed by atoms with van der Waals surface area (Å²) in [6.45, 7) is 7.56. The first-order chi connectivity index (χ1) is 8.90. The summed E-state index contributed by atoms with van der Waals surface area (Å²) in [5.74, 6) is 0.371. The number of aryl methyl sites for hydroxylation is 2. The lowest BCUT2D eigenvalue weighted by Crippen LogP contribution is -2.39. The van der Waals surface area contributed by atoms with Crippen LogP contribution in [0.3, 0.4) is 0 Å². The molecule has 3 nitrogen and oxygen atoms in total. The Kier molecular flexibility index (Phi) is 5.85.